The van der Waals surface area contributed by atoms with E-state index in [1.807, 2.05) is 4.90 Å². The van der Waals surface area contributed by atoms with Crippen molar-refractivity contribution in [3.63, 3.8) is 0 Å². The third-order valence-corrected chi connectivity index (χ3v) is 4.28. The van der Waals surface area contributed by atoms with Crippen molar-refractivity contribution in [2.75, 3.05) is 26.8 Å². The van der Waals surface area contributed by atoms with Crippen molar-refractivity contribution in [1.29, 1.82) is 0 Å². The zero-order chi connectivity index (χ0) is 16.9. The molecule has 5 nitrogen and oxygen atoms in total. The zero-order valence-electron chi connectivity index (χ0n) is 13.7. The molecule has 0 fully saturated rings. The first-order chi connectivity index (χ1) is 11.7. The number of aromatic nitrogens is 2. The van der Waals surface area contributed by atoms with Crippen LogP contribution in [0.3, 0.4) is 0 Å². The number of rotatable bonds is 4. The van der Waals surface area contributed by atoms with E-state index in [9.17, 15) is 9.18 Å². The van der Waals surface area contributed by atoms with Crippen molar-refractivity contribution in [2.45, 2.75) is 19.3 Å². The first-order valence-electron chi connectivity index (χ1n) is 8.04. The number of ether oxygens (including phenoxy) is 1. The van der Waals surface area contributed by atoms with E-state index in [4.69, 9.17) is 4.74 Å². The van der Waals surface area contributed by atoms with Gasteiger partial charge in [-0.3, -0.25) is 4.79 Å². The van der Waals surface area contributed by atoms with Gasteiger partial charge in [0.2, 0.25) is 5.91 Å². The van der Waals surface area contributed by atoms with Gasteiger partial charge in [-0.25, -0.2) is 14.4 Å². The summed E-state index contributed by atoms with van der Waals surface area (Å²) in [6.07, 6.45) is 3.33. The number of carbonyl (C=O) groups excluding carboxylic acids is 1. The molecule has 0 bridgehead atoms. The molecule has 0 saturated heterocycles. The summed E-state index contributed by atoms with van der Waals surface area (Å²) in [7, 11) is 1.59. The van der Waals surface area contributed by atoms with Crippen LogP contribution in [0.1, 0.15) is 17.7 Å². The molecule has 2 heterocycles. The van der Waals surface area contributed by atoms with E-state index in [1.54, 1.807) is 25.6 Å². The van der Waals surface area contributed by atoms with E-state index in [0.29, 0.717) is 39.0 Å². The Hall–Kier alpha value is -2.34. The lowest BCUT2D eigenvalue weighted by Gasteiger charge is -2.19. The third-order valence-electron chi connectivity index (χ3n) is 4.28. The van der Waals surface area contributed by atoms with E-state index in [0.717, 1.165) is 22.5 Å². The fourth-order valence-corrected chi connectivity index (χ4v) is 2.98. The Bertz CT molecular complexity index is 719. The van der Waals surface area contributed by atoms with Crippen molar-refractivity contribution in [2.24, 2.45) is 0 Å². The summed E-state index contributed by atoms with van der Waals surface area (Å²) in [5.41, 5.74) is 3.71. The molecule has 2 aromatic rings. The topological polar surface area (TPSA) is 55.3 Å². The quantitative estimate of drug-likeness (QED) is 0.863. The second-order valence-corrected chi connectivity index (χ2v) is 5.78. The molecule has 0 atom stereocenters. The minimum atomic E-state index is -0.270. The number of halogens is 1. The Labute approximate surface area is 140 Å². The second kappa shape index (κ2) is 7.49. The van der Waals surface area contributed by atoms with Gasteiger partial charge in [0.25, 0.3) is 0 Å². The Balaban J connectivity index is 1.83. The molecule has 3 rings (SSSR count). The van der Waals surface area contributed by atoms with Crippen LogP contribution in [0.4, 0.5) is 4.39 Å². The normalized spacial score (nSPS) is 14.2. The highest BCUT2D eigenvalue weighted by Crippen LogP contribution is 2.26. The maximum atomic E-state index is 13.2. The fourth-order valence-electron chi connectivity index (χ4n) is 2.98. The van der Waals surface area contributed by atoms with Gasteiger partial charge in [0.05, 0.1) is 18.7 Å². The number of nitrogens with zero attached hydrogens (tertiary/aromatic N) is 3. The summed E-state index contributed by atoms with van der Waals surface area (Å²) in [5, 5.41) is 0. The van der Waals surface area contributed by atoms with Crippen molar-refractivity contribution in [1.82, 2.24) is 14.9 Å². The molecule has 126 valence electrons. The molecule has 24 heavy (non-hydrogen) atoms. The molecule has 1 amide bonds. The van der Waals surface area contributed by atoms with Gasteiger partial charge in [0.15, 0.2) is 0 Å². The maximum absolute atomic E-state index is 13.2. The molecule has 0 N–H and O–H groups in total. The highest BCUT2D eigenvalue weighted by Gasteiger charge is 2.21. The van der Waals surface area contributed by atoms with Crippen molar-refractivity contribution in [3.05, 3.63) is 47.7 Å². The summed E-state index contributed by atoms with van der Waals surface area (Å²) in [4.78, 5) is 22.9. The Morgan fingerprint density at radius 1 is 1.21 bits per heavy atom. The number of carbonyl (C=O) groups is 1. The molecule has 6 heteroatoms. The molecule has 0 radical (unpaired) electrons. The molecule has 0 spiro atoms. The molecule has 1 aliphatic heterocycles. The van der Waals surface area contributed by atoms with Gasteiger partial charge in [0, 0.05) is 43.4 Å². The summed E-state index contributed by atoms with van der Waals surface area (Å²) in [5.74, 6) is -0.172. The van der Waals surface area contributed by atoms with Crippen LogP contribution in [-0.4, -0.2) is 47.6 Å². The molecule has 0 aliphatic carbocycles. The van der Waals surface area contributed by atoms with Gasteiger partial charge in [0.1, 0.15) is 12.1 Å². The van der Waals surface area contributed by atoms with E-state index in [2.05, 4.69) is 9.97 Å². The summed E-state index contributed by atoms with van der Waals surface area (Å²) < 4.78 is 18.1. The lowest BCUT2D eigenvalue weighted by Crippen LogP contribution is -2.33. The number of methoxy groups -OCH3 is 1. The molecule has 1 aliphatic rings. The van der Waals surface area contributed by atoms with Crippen LogP contribution in [0.15, 0.2) is 30.6 Å². The van der Waals surface area contributed by atoms with Gasteiger partial charge in [-0.05, 0) is 30.7 Å². The standard InChI is InChI=1S/C18H20FN3O2/c1-24-11-8-17(23)22-9-6-15-16(7-10-22)20-12-21-18(15)13-2-4-14(19)5-3-13/h2-5,12H,6-11H2,1H3. The summed E-state index contributed by atoms with van der Waals surface area (Å²) in [6, 6.07) is 6.32. The van der Waals surface area contributed by atoms with Crippen molar-refractivity contribution >= 4 is 5.91 Å². The van der Waals surface area contributed by atoms with Crippen LogP contribution in [0.25, 0.3) is 11.3 Å². The predicted octanol–water partition coefficient (Wildman–Crippen LogP) is 2.25. The smallest absolute Gasteiger partial charge is 0.224 e. The van der Waals surface area contributed by atoms with Gasteiger partial charge >= 0.3 is 0 Å². The van der Waals surface area contributed by atoms with Crippen molar-refractivity contribution < 1.29 is 13.9 Å². The molecule has 0 saturated carbocycles. The van der Waals surface area contributed by atoms with Gasteiger partial charge < -0.3 is 9.64 Å². The average molecular weight is 329 g/mol. The largest absolute Gasteiger partial charge is 0.384 e. The van der Waals surface area contributed by atoms with Crippen LogP contribution in [0.2, 0.25) is 0 Å². The van der Waals surface area contributed by atoms with Crippen LogP contribution < -0.4 is 0 Å². The monoisotopic (exact) mass is 329 g/mol. The van der Waals surface area contributed by atoms with E-state index in [1.165, 1.54) is 12.1 Å². The Morgan fingerprint density at radius 3 is 2.71 bits per heavy atom. The fraction of sp³-hybridized carbons (Fsp3) is 0.389. The van der Waals surface area contributed by atoms with Crippen molar-refractivity contribution in [3.8, 4) is 11.3 Å². The number of hydrogen-bond acceptors (Lipinski definition) is 4. The summed E-state index contributed by atoms with van der Waals surface area (Å²) >= 11 is 0. The van der Waals surface area contributed by atoms with Crippen LogP contribution in [0, 0.1) is 5.82 Å². The Kier molecular flexibility index (Phi) is 5.15. The lowest BCUT2D eigenvalue weighted by atomic mass is 10.0. The highest BCUT2D eigenvalue weighted by atomic mass is 19.1. The number of benzene rings is 1. The predicted molar refractivity (Wildman–Crippen MR) is 87.9 cm³/mol. The van der Waals surface area contributed by atoms with Crippen LogP contribution in [-0.2, 0) is 22.4 Å². The summed E-state index contributed by atoms with van der Waals surface area (Å²) in [6.45, 7) is 1.72. The molecular weight excluding hydrogens is 309 g/mol. The first-order valence-corrected chi connectivity index (χ1v) is 8.04. The number of fused-ring (bicyclic) bond motifs is 1. The van der Waals surface area contributed by atoms with Gasteiger partial charge in [-0.2, -0.15) is 0 Å². The van der Waals surface area contributed by atoms with Crippen LogP contribution >= 0.6 is 0 Å². The van der Waals surface area contributed by atoms with Gasteiger partial charge in [-0.15, -0.1) is 0 Å². The minimum Gasteiger partial charge on any atom is -0.384 e. The maximum Gasteiger partial charge on any atom is 0.224 e. The van der Waals surface area contributed by atoms with Crippen LogP contribution in [0.5, 0.6) is 0 Å². The number of hydrogen-bond donors (Lipinski definition) is 0. The molecular formula is C18H20FN3O2. The molecule has 0 unspecified atom stereocenters. The molecule has 1 aromatic carbocycles. The first kappa shape index (κ1) is 16.5. The SMILES string of the molecule is COCCC(=O)N1CCc2ncnc(-c3ccc(F)cc3)c2CC1. The van der Waals surface area contributed by atoms with E-state index < -0.39 is 0 Å². The van der Waals surface area contributed by atoms with E-state index >= 15 is 0 Å². The third kappa shape index (κ3) is 3.59. The number of amides is 1. The highest BCUT2D eigenvalue weighted by molar-refractivity contribution is 5.76. The minimum absolute atomic E-state index is 0.0981. The van der Waals surface area contributed by atoms with E-state index in [-0.39, 0.29) is 11.7 Å². The lowest BCUT2D eigenvalue weighted by molar-refractivity contribution is -0.132. The average Bonchev–Trinajstić information content (AvgIpc) is 2.83. The Morgan fingerprint density at radius 2 is 1.96 bits per heavy atom. The molecule has 1 aromatic heterocycles. The second-order valence-electron chi connectivity index (χ2n) is 5.78. The van der Waals surface area contributed by atoms with Gasteiger partial charge in [-0.1, -0.05) is 0 Å². The zero-order valence-corrected chi connectivity index (χ0v) is 13.7.